The predicted molar refractivity (Wildman–Crippen MR) is 92.8 cm³/mol. The molecule has 3 rings (SSSR count). The average molecular weight is 311 g/mol. The number of carbonyl (C=O) groups excluding carboxylic acids is 1. The first kappa shape index (κ1) is 15.8. The molecule has 1 aromatic heterocycles. The van der Waals surface area contributed by atoms with E-state index in [1.165, 1.54) is 5.56 Å². The monoisotopic (exact) mass is 311 g/mol. The molecule has 1 aliphatic heterocycles. The van der Waals surface area contributed by atoms with E-state index in [1.807, 2.05) is 17.0 Å². The number of rotatable bonds is 3. The van der Waals surface area contributed by atoms with Crippen LogP contribution in [-0.2, 0) is 6.54 Å². The number of carbonyl (C=O) groups is 1. The van der Waals surface area contributed by atoms with Crippen molar-refractivity contribution in [1.29, 1.82) is 0 Å². The van der Waals surface area contributed by atoms with Crippen LogP contribution in [0, 0.1) is 13.8 Å². The fraction of sp³-hybridized carbons (Fsp3) is 0.421. The van der Waals surface area contributed by atoms with E-state index in [1.54, 1.807) is 0 Å². The molecule has 2 aromatic rings. The quantitative estimate of drug-likeness (QED) is 0.946. The molecule has 23 heavy (non-hydrogen) atoms. The van der Waals surface area contributed by atoms with Crippen molar-refractivity contribution in [3.63, 3.8) is 0 Å². The number of aromatic nitrogens is 1. The summed E-state index contributed by atoms with van der Waals surface area (Å²) in [5.41, 5.74) is 4.29. The minimum absolute atomic E-state index is 0.159. The number of aryl methyl sites for hydroxylation is 1. The zero-order valence-corrected chi connectivity index (χ0v) is 14.2. The van der Waals surface area contributed by atoms with E-state index in [9.17, 15) is 4.79 Å². The second-order valence-corrected chi connectivity index (χ2v) is 6.41. The van der Waals surface area contributed by atoms with Gasteiger partial charge in [-0.2, -0.15) is 0 Å². The predicted octanol–water partition coefficient (Wildman–Crippen LogP) is 2.59. The maximum Gasteiger partial charge on any atom is 0.256 e. The van der Waals surface area contributed by atoms with Gasteiger partial charge in [-0.25, -0.2) is 0 Å². The lowest BCUT2D eigenvalue weighted by Gasteiger charge is -2.34. The van der Waals surface area contributed by atoms with Gasteiger partial charge in [0.25, 0.3) is 5.91 Å². The van der Waals surface area contributed by atoms with Crippen LogP contribution in [0.1, 0.15) is 34.2 Å². The van der Waals surface area contributed by atoms with Crippen LogP contribution in [0.3, 0.4) is 0 Å². The summed E-state index contributed by atoms with van der Waals surface area (Å²) in [7, 11) is 0. The molecule has 4 nitrogen and oxygen atoms in total. The molecule has 1 atom stereocenters. The van der Waals surface area contributed by atoms with Gasteiger partial charge < -0.3 is 14.8 Å². The van der Waals surface area contributed by atoms with Crippen molar-refractivity contribution in [2.75, 3.05) is 19.6 Å². The molecule has 1 unspecified atom stereocenters. The van der Waals surface area contributed by atoms with Crippen LogP contribution in [0.4, 0.5) is 0 Å². The summed E-state index contributed by atoms with van der Waals surface area (Å²) in [6, 6.07) is 12.7. The molecule has 0 bridgehead atoms. The molecule has 0 saturated carbocycles. The van der Waals surface area contributed by atoms with Crippen LogP contribution in [0.2, 0.25) is 0 Å². The molecule has 1 fully saturated rings. The third-order valence-corrected chi connectivity index (χ3v) is 4.75. The summed E-state index contributed by atoms with van der Waals surface area (Å²) in [5, 5.41) is 3.34. The van der Waals surface area contributed by atoms with Crippen LogP contribution in [0.15, 0.2) is 36.4 Å². The fourth-order valence-corrected chi connectivity index (χ4v) is 3.32. The first-order valence-electron chi connectivity index (χ1n) is 8.30. The summed E-state index contributed by atoms with van der Waals surface area (Å²) in [4.78, 5) is 14.9. The lowest BCUT2D eigenvalue weighted by atomic mass is 10.1. The van der Waals surface area contributed by atoms with Gasteiger partial charge in [0.1, 0.15) is 0 Å². The van der Waals surface area contributed by atoms with Crippen molar-refractivity contribution in [1.82, 2.24) is 14.8 Å². The summed E-state index contributed by atoms with van der Waals surface area (Å²) >= 11 is 0. The number of hydrogen-bond donors (Lipinski definition) is 1. The molecule has 1 amide bonds. The van der Waals surface area contributed by atoms with Crippen LogP contribution in [-0.4, -0.2) is 41.1 Å². The Balaban J connectivity index is 1.86. The van der Waals surface area contributed by atoms with E-state index in [-0.39, 0.29) is 11.9 Å². The highest BCUT2D eigenvalue weighted by molar-refractivity contribution is 5.96. The Hall–Kier alpha value is -2.07. The smallest absolute Gasteiger partial charge is 0.256 e. The SMILES string of the molecule is Cc1cc(C(=O)N2CCNCC2C)c(C)n1Cc1ccccc1. The second kappa shape index (κ2) is 6.59. The summed E-state index contributed by atoms with van der Waals surface area (Å²) < 4.78 is 2.23. The van der Waals surface area contributed by atoms with Crippen LogP contribution >= 0.6 is 0 Å². The molecular formula is C19H25N3O. The standard InChI is InChI=1S/C19H25N3O/c1-14-11-18(19(23)21-10-9-20-12-15(21)2)16(3)22(14)13-17-7-5-4-6-8-17/h4-8,11,15,20H,9-10,12-13H2,1-3H3. The molecule has 1 saturated heterocycles. The molecule has 2 heterocycles. The molecule has 0 radical (unpaired) electrons. The topological polar surface area (TPSA) is 37.3 Å². The maximum absolute atomic E-state index is 12.9. The van der Waals surface area contributed by atoms with Gasteiger partial charge in [0, 0.05) is 43.6 Å². The number of hydrogen-bond acceptors (Lipinski definition) is 2. The van der Waals surface area contributed by atoms with Crippen LogP contribution in [0.25, 0.3) is 0 Å². The van der Waals surface area contributed by atoms with Gasteiger partial charge in [0.05, 0.1) is 5.56 Å². The Kier molecular flexibility index (Phi) is 4.53. The van der Waals surface area contributed by atoms with Gasteiger partial charge in [-0.15, -0.1) is 0 Å². The molecule has 1 aliphatic rings. The normalized spacial score (nSPS) is 18.2. The third kappa shape index (κ3) is 3.17. The molecular weight excluding hydrogens is 286 g/mol. The van der Waals surface area contributed by atoms with Crippen molar-refractivity contribution < 1.29 is 4.79 Å². The van der Waals surface area contributed by atoms with Gasteiger partial charge in [0.2, 0.25) is 0 Å². The molecule has 1 N–H and O–H groups in total. The molecule has 1 aromatic carbocycles. The molecule has 122 valence electrons. The minimum Gasteiger partial charge on any atom is -0.344 e. The first-order valence-corrected chi connectivity index (χ1v) is 8.30. The van der Waals surface area contributed by atoms with E-state index in [0.717, 1.165) is 43.1 Å². The van der Waals surface area contributed by atoms with Gasteiger partial charge in [0.15, 0.2) is 0 Å². The lowest BCUT2D eigenvalue weighted by Crippen LogP contribution is -2.52. The summed E-state index contributed by atoms with van der Waals surface area (Å²) in [5.74, 6) is 0.159. The largest absolute Gasteiger partial charge is 0.344 e. The van der Waals surface area contributed by atoms with E-state index in [2.05, 4.69) is 54.9 Å². The average Bonchev–Trinajstić information content (AvgIpc) is 2.84. The van der Waals surface area contributed by atoms with E-state index < -0.39 is 0 Å². The minimum atomic E-state index is 0.159. The lowest BCUT2D eigenvalue weighted by molar-refractivity contribution is 0.0655. The zero-order valence-electron chi connectivity index (χ0n) is 14.2. The third-order valence-electron chi connectivity index (χ3n) is 4.75. The van der Waals surface area contributed by atoms with Gasteiger partial charge >= 0.3 is 0 Å². The Morgan fingerprint density at radius 3 is 2.70 bits per heavy atom. The Labute approximate surface area is 138 Å². The highest BCUT2D eigenvalue weighted by Gasteiger charge is 2.26. The Bertz CT molecular complexity index is 690. The fourth-order valence-electron chi connectivity index (χ4n) is 3.32. The van der Waals surface area contributed by atoms with Crippen molar-refractivity contribution in [2.45, 2.75) is 33.4 Å². The van der Waals surface area contributed by atoms with E-state index >= 15 is 0 Å². The number of benzene rings is 1. The summed E-state index contributed by atoms with van der Waals surface area (Å²) in [6.45, 7) is 9.57. The van der Waals surface area contributed by atoms with Gasteiger partial charge in [-0.3, -0.25) is 4.79 Å². The Morgan fingerprint density at radius 2 is 2.00 bits per heavy atom. The van der Waals surface area contributed by atoms with Crippen LogP contribution < -0.4 is 5.32 Å². The number of piperazine rings is 1. The van der Waals surface area contributed by atoms with E-state index in [4.69, 9.17) is 0 Å². The molecule has 0 aliphatic carbocycles. The van der Waals surface area contributed by atoms with Crippen molar-refractivity contribution in [3.8, 4) is 0 Å². The van der Waals surface area contributed by atoms with Crippen molar-refractivity contribution in [2.24, 2.45) is 0 Å². The molecule has 0 spiro atoms. The number of nitrogens with one attached hydrogen (secondary N) is 1. The van der Waals surface area contributed by atoms with Crippen molar-refractivity contribution >= 4 is 5.91 Å². The van der Waals surface area contributed by atoms with Crippen LogP contribution in [0.5, 0.6) is 0 Å². The molecule has 4 heteroatoms. The number of amides is 1. The highest BCUT2D eigenvalue weighted by atomic mass is 16.2. The first-order chi connectivity index (χ1) is 11.1. The highest BCUT2D eigenvalue weighted by Crippen LogP contribution is 2.20. The van der Waals surface area contributed by atoms with Crippen molar-refractivity contribution in [3.05, 3.63) is 58.9 Å². The second-order valence-electron chi connectivity index (χ2n) is 6.41. The van der Waals surface area contributed by atoms with Gasteiger partial charge in [-0.05, 0) is 32.4 Å². The van der Waals surface area contributed by atoms with Gasteiger partial charge in [-0.1, -0.05) is 30.3 Å². The summed E-state index contributed by atoms with van der Waals surface area (Å²) in [6.07, 6.45) is 0. The maximum atomic E-state index is 12.9. The number of nitrogens with zero attached hydrogens (tertiary/aromatic N) is 2. The Morgan fingerprint density at radius 1 is 1.26 bits per heavy atom. The zero-order chi connectivity index (χ0) is 16.4. The van der Waals surface area contributed by atoms with E-state index in [0.29, 0.717) is 0 Å².